The number of benzene rings is 1. The lowest BCUT2D eigenvalue weighted by molar-refractivity contribution is -0.147. The molecule has 0 radical (unpaired) electrons. The second-order valence-corrected chi connectivity index (χ2v) is 11.5. The molecule has 3 unspecified atom stereocenters. The first-order valence-corrected chi connectivity index (χ1v) is 10.4. The molecule has 3 atom stereocenters. The summed E-state index contributed by atoms with van der Waals surface area (Å²) in [5, 5.41) is 0. The highest BCUT2D eigenvalue weighted by atomic mass is 79.9. The zero-order valence-electron chi connectivity index (χ0n) is 14.6. The van der Waals surface area contributed by atoms with Crippen LogP contribution in [-0.4, -0.2) is 14.0 Å². The van der Waals surface area contributed by atoms with Crippen molar-refractivity contribution in [3.05, 3.63) is 34.4 Å². The van der Waals surface area contributed by atoms with Gasteiger partial charge in [-0.1, -0.05) is 53.0 Å². The van der Waals surface area contributed by atoms with Crippen molar-refractivity contribution in [1.29, 1.82) is 0 Å². The number of terminal acetylenes is 1. The van der Waals surface area contributed by atoms with Gasteiger partial charge in [0.2, 0.25) is 0 Å². The lowest BCUT2D eigenvalue weighted by Gasteiger charge is -2.20. The van der Waals surface area contributed by atoms with Crippen LogP contribution in [0.4, 0.5) is 17.6 Å². The van der Waals surface area contributed by atoms with Crippen LogP contribution in [0.25, 0.3) is 0 Å². The standard InChI is InChI=1S/C18H14Br2Cl2F4O2/c1-4-5-7-11(23)13(25)8(14(26)12(7)24)6-28-16(27)10-9(17(10,2)3)15(19)18(20,21)22/h1,9-10,15H,5-6H2,2-3H3. The molecule has 1 aromatic carbocycles. The van der Waals surface area contributed by atoms with Crippen LogP contribution in [0.5, 0.6) is 0 Å². The van der Waals surface area contributed by atoms with E-state index in [-0.39, 0.29) is 5.92 Å². The van der Waals surface area contributed by atoms with Crippen molar-refractivity contribution in [2.24, 2.45) is 17.3 Å². The smallest absolute Gasteiger partial charge is 0.310 e. The van der Waals surface area contributed by atoms with Gasteiger partial charge in [-0.15, -0.1) is 12.3 Å². The molecule has 1 aromatic rings. The van der Waals surface area contributed by atoms with Gasteiger partial charge in [0, 0.05) is 12.0 Å². The van der Waals surface area contributed by atoms with Gasteiger partial charge in [-0.2, -0.15) is 0 Å². The molecule has 1 fully saturated rings. The highest BCUT2D eigenvalue weighted by Crippen LogP contribution is 2.65. The molecule has 0 aromatic heterocycles. The number of hydrogen-bond acceptors (Lipinski definition) is 2. The Labute approximate surface area is 186 Å². The van der Waals surface area contributed by atoms with Crippen LogP contribution in [-0.2, 0) is 22.6 Å². The fraction of sp³-hybridized carbons (Fsp3) is 0.500. The van der Waals surface area contributed by atoms with Gasteiger partial charge in [0.1, 0.15) is 6.61 Å². The van der Waals surface area contributed by atoms with E-state index in [1.165, 1.54) is 0 Å². The van der Waals surface area contributed by atoms with E-state index >= 15 is 0 Å². The molecule has 0 bridgehead atoms. The van der Waals surface area contributed by atoms with Gasteiger partial charge >= 0.3 is 5.97 Å². The summed E-state index contributed by atoms with van der Waals surface area (Å²) in [5.74, 6) is -6.43. The summed E-state index contributed by atoms with van der Waals surface area (Å²) >= 11 is 18.4. The zero-order chi connectivity index (χ0) is 21.6. The summed E-state index contributed by atoms with van der Waals surface area (Å²) < 4.78 is 59.7. The van der Waals surface area contributed by atoms with Crippen molar-refractivity contribution in [1.82, 2.24) is 0 Å². The molecule has 1 saturated carbocycles. The summed E-state index contributed by atoms with van der Waals surface area (Å²) in [7, 11) is 0. The number of esters is 1. The Morgan fingerprint density at radius 3 is 2.11 bits per heavy atom. The van der Waals surface area contributed by atoms with E-state index in [1.807, 2.05) is 5.92 Å². The fourth-order valence-corrected chi connectivity index (χ4v) is 4.76. The summed E-state index contributed by atoms with van der Waals surface area (Å²) in [6, 6.07) is 0. The van der Waals surface area contributed by atoms with E-state index < -0.39 is 72.8 Å². The van der Waals surface area contributed by atoms with E-state index in [9.17, 15) is 22.4 Å². The SMILES string of the molecule is C#CCc1c(F)c(F)c(COC(=O)C2C(C(Br)C(Cl)(Cl)Br)C2(C)C)c(F)c1F. The minimum absolute atomic E-state index is 0.351. The second kappa shape index (κ2) is 8.33. The molecule has 2 nitrogen and oxygen atoms in total. The maximum absolute atomic E-state index is 14.1. The largest absolute Gasteiger partial charge is 0.460 e. The summed E-state index contributed by atoms with van der Waals surface area (Å²) in [6.07, 6.45) is 4.32. The lowest BCUT2D eigenvalue weighted by atomic mass is 10.1. The Kier molecular flexibility index (Phi) is 7.08. The molecule has 0 spiro atoms. The van der Waals surface area contributed by atoms with Gasteiger partial charge in [0.15, 0.2) is 26.5 Å². The Morgan fingerprint density at radius 2 is 1.68 bits per heavy atom. The fourth-order valence-electron chi connectivity index (χ4n) is 3.22. The normalized spacial score (nSPS) is 21.8. The van der Waals surface area contributed by atoms with Crippen LogP contribution in [0.3, 0.4) is 0 Å². The number of rotatable bonds is 6. The van der Waals surface area contributed by atoms with Gasteiger partial charge in [0.05, 0.1) is 16.3 Å². The molecule has 154 valence electrons. The minimum Gasteiger partial charge on any atom is -0.460 e. The Bertz CT molecular complexity index is 820. The van der Waals surface area contributed by atoms with Crippen molar-refractivity contribution >= 4 is 61.0 Å². The maximum atomic E-state index is 14.1. The topological polar surface area (TPSA) is 26.3 Å². The third kappa shape index (κ3) is 4.33. The molecule has 1 aliphatic rings. The number of ether oxygens (including phenoxy) is 1. The van der Waals surface area contributed by atoms with E-state index in [2.05, 4.69) is 31.9 Å². The van der Waals surface area contributed by atoms with Crippen LogP contribution >= 0.6 is 55.1 Å². The second-order valence-electron chi connectivity index (χ2n) is 6.97. The molecule has 10 heteroatoms. The van der Waals surface area contributed by atoms with Crippen molar-refractivity contribution in [2.75, 3.05) is 0 Å². The molecule has 0 heterocycles. The Morgan fingerprint density at radius 1 is 1.21 bits per heavy atom. The van der Waals surface area contributed by atoms with Crippen molar-refractivity contribution in [3.8, 4) is 12.3 Å². The predicted molar refractivity (Wildman–Crippen MR) is 105 cm³/mol. The lowest BCUT2D eigenvalue weighted by Crippen LogP contribution is -2.23. The highest BCUT2D eigenvalue weighted by molar-refractivity contribution is 9.13. The third-order valence-corrected chi connectivity index (χ3v) is 8.24. The first-order valence-electron chi connectivity index (χ1n) is 7.91. The molecule has 28 heavy (non-hydrogen) atoms. The molecule has 1 aliphatic carbocycles. The van der Waals surface area contributed by atoms with Crippen LogP contribution in [0, 0.1) is 52.9 Å². The molecule has 0 saturated heterocycles. The molecular weight excluding hydrogens is 555 g/mol. The first-order chi connectivity index (χ1) is 12.8. The predicted octanol–water partition coefficient (Wildman–Crippen LogP) is 6.02. The number of carbonyl (C=O) groups is 1. The van der Waals surface area contributed by atoms with Crippen molar-refractivity contribution in [3.63, 3.8) is 0 Å². The van der Waals surface area contributed by atoms with Crippen LogP contribution < -0.4 is 0 Å². The first kappa shape index (κ1) is 23.8. The molecule has 2 rings (SSSR count). The Hall–Kier alpha value is -0.490. The summed E-state index contributed by atoms with van der Waals surface area (Å²) in [4.78, 5) is 11.9. The maximum Gasteiger partial charge on any atom is 0.310 e. The van der Waals surface area contributed by atoms with Crippen molar-refractivity contribution in [2.45, 2.75) is 34.9 Å². The van der Waals surface area contributed by atoms with E-state index in [1.54, 1.807) is 13.8 Å². The highest BCUT2D eigenvalue weighted by Gasteiger charge is 2.67. The number of hydrogen-bond donors (Lipinski definition) is 0. The summed E-state index contributed by atoms with van der Waals surface area (Å²) in [5.41, 5.74) is -2.49. The van der Waals surface area contributed by atoms with Crippen molar-refractivity contribution < 1.29 is 27.1 Å². The van der Waals surface area contributed by atoms with E-state index in [0.717, 1.165) is 0 Å². The number of alkyl halides is 4. The summed E-state index contributed by atoms with van der Waals surface area (Å²) in [6.45, 7) is 2.55. The Balaban J connectivity index is 2.20. The van der Waals surface area contributed by atoms with Crippen LogP contribution in [0.1, 0.15) is 25.0 Å². The molecule has 0 aliphatic heterocycles. The van der Waals surface area contributed by atoms with Gasteiger partial charge in [-0.05, 0) is 27.3 Å². The molecule has 0 amide bonds. The van der Waals surface area contributed by atoms with Gasteiger partial charge in [-0.25, -0.2) is 17.6 Å². The number of halogens is 8. The van der Waals surface area contributed by atoms with Gasteiger partial charge < -0.3 is 4.74 Å². The van der Waals surface area contributed by atoms with E-state index in [4.69, 9.17) is 34.4 Å². The monoisotopic (exact) mass is 566 g/mol. The molecule has 0 N–H and O–H groups in total. The van der Waals surface area contributed by atoms with Crippen LogP contribution in [0.15, 0.2) is 0 Å². The number of carbonyl (C=O) groups excluding carboxylic acids is 1. The van der Waals surface area contributed by atoms with Gasteiger partial charge in [0.25, 0.3) is 0 Å². The quantitative estimate of drug-likeness (QED) is 0.138. The van der Waals surface area contributed by atoms with Gasteiger partial charge in [-0.3, -0.25) is 4.79 Å². The minimum atomic E-state index is -1.65. The van der Waals surface area contributed by atoms with E-state index in [0.29, 0.717) is 0 Å². The average Bonchev–Trinajstić information content (AvgIpc) is 3.17. The average molecular weight is 569 g/mol. The zero-order valence-corrected chi connectivity index (χ0v) is 19.2. The van der Waals surface area contributed by atoms with Crippen LogP contribution in [0.2, 0.25) is 0 Å². The third-order valence-electron chi connectivity index (χ3n) is 4.88. The molecular formula is C18H14Br2Cl2F4O2.